The van der Waals surface area contributed by atoms with E-state index in [1.165, 1.54) is 11.8 Å². The minimum absolute atomic E-state index is 0.323. The van der Waals surface area contributed by atoms with E-state index in [2.05, 4.69) is 20.2 Å². The summed E-state index contributed by atoms with van der Waals surface area (Å²) in [5, 5.41) is 7.18. The zero-order chi connectivity index (χ0) is 13.1. The van der Waals surface area contributed by atoms with E-state index >= 15 is 0 Å². The predicted octanol–water partition coefficient (Wildman–Crippen LogP) is 1.70. The van der Waals surface area contributed by atoms with Crippen LogP contribution in [0.2, 0.25) is 0 Å². The molecular weight excluding hydrogens is 250 g/mol. The number of thioether (sulfide) groups is 1. The summed E-state index contributed by atoms with van der Waals surface area (Å²) in [5.74, 6) is 1.89. The molecule has 7 heteroatoms. The lowest BCUT2D eigenvalue weighted by atomic mass is 10.1. The van der Waals surface area contributed by atoms with Crippen LogP contribution >= 0.6 is 11.8 Å². The van der Waals surface area contributed by atoms with Crippen molar-refractivity contribution in [2.75, 3.05) is 12.8 Å². The highest BCUT2D eigenvalue weighted by Gasteiger charge is 2.10. The molecular formula is C11H15N5OS. The molecule has 0 aliphatic heterocycles. The summed E-state index contributed by atoms with van der Waals surface area (Å²) in [6.07, 6.45) is 1.81. The fraction of sp³-hybridized carbons (Fsp3) is 0.364. The van der Waals surface area contributed by atoms with Gasteiger partial charge in [-0.3, -0.25) is 4.98 Å². The molecule has 0 atom stereocenters. The maximum Gasteiger partial charge on any atom is 0.216 e. The number of nitrogens with zero attached hydrogens (tertiary/aromatic N) is 3. The quantitative estimate of drug-likeness (QED) is 0.818. The van der Waals surface area contributed by atoms with E-state index in [4.69, 9.17) is 10.5 Å². The standard InChI is InChI=1S/C11H15N5OS/c1-6-4-13-8(7(2)9(6)17-3)5-18-11-14-10(12)15-16-11/h4H,5H2,1-3H3,(H3,12,14,15,16). The molecule has 0 spiro atoms. The van der Waals surface area contributed by atoms with Crippen molar-refractivity contribution in [3.8, 4) is 5.75 Å². The van der Waals surface area contributed by atoms with Crippen molar-refractivity contribution in [2.45, 2.75) is 24.8 Å². The summed E-state index contributed by atoms with van der Waals surface area (Å²) in [4.78, 5) is 8.44. The molecule has 0 unspecified atom stereocenters. The third-order valence-electron chi connectivity index (χ3n) is 2.57. The molecule has 2 heterocycles. The zero-order valence-electron chi connectivity index (χ0n) is 10.5. The number of nitrogen functional groups attached to an aromatic ring is 1. The number of nitrogens with two attached hydrogens (primary N) is 1. The normalized spacial score (nSPS) is 10.6. The van der Waals surface area contributed by atoms with Crippen molar-refractivity contribution in [3.05, 3.63) is 23.0 Å². The third kappa shape index (κ3) is 2.56. The van der Waals surface area contributed by atoms with Crippen LogP contribution in [0.3, 0.4) is 0 Å². The summed E-state index contributed by atoms with van der Waals surface area (Å²) in [6, 6.07) is 0. The number of anilines is 1. The lowest BCUT2D eigenvalue weighted by Crippen LogP contribution is -1.98. The van der Waals surface area contributed by atoms with Crippen LogP contribution in [0, 0.1) is 13.8 Å². The third-order valence-corrected chi connectivity index (χ3v) is 3.43. The first kappa shape index (κ1) is 12.7. The minimum Gasteiger partial charge on any atom is -0.496 e. The van der Waals surface area contributed by atoms with Crippen molar-refractivity contribution in [1.29, 1.82) is 0 Å². The lowest BCUT2D eigenvalue weighted by Gasteiger charge is -2.11. The van der Waals surface area contributed by atoms with Gasteiger partial charge in [0, 0.05) is 23.1 Å². The smallest absolute Gasteiger partial charge is 0.216 e. The van der Waals surface area contributed by atoms with Crippen molar-refractivity contribution < 1.29 is 4.74 Å². The van der Waals surface area contributed by atoms with Crippen molar-refractivity contribution in [2.24, 2.45) is 0 Å². The van der Waals surface area contributed by atoms with Gasteiger partial charge in [0.15, 0.2) is 0 Å². The average Bonchev–Trinajstić information content (AvgIpc) is 2.75. The zero-order valence-corrected chi connectivity index (χ0v) is 11.3. The molecule has 0 saturated carbocycles. The Morgan fingerprint density at radius 1 is 1.44 bits per heavy atom. The highest BCUT2D eigenvalue weighted by molar-refractivity contribution is 7.98. The highest BCUT2D eigenvalue weighted by Crippen LogP contribution is 2.27. The van der Waals surface area contributed by atoms with Gasteiger partial charge in [-0.2, -0.15) is 4.98 Å². The molecule has 0 aromatic carbocycles. The number of aromatic nitrogens is 4. The summed E-state index contributed by atoms with van der Waals surface area (Å²) >= 11 is 1.48. The summed E-state index contributed by atoms with van der Waals surface area (Å²) in [7, 11) is 1.67. The Bertz CT molecular complexity index is 554. The Kier molecular flexibility index (Phi) is 3.71. The van der Waals surface area contributed by atoms with Gasteiger partial charge in [-0.1, -0.05) is 11.8 Å². The van der Waals surface area contributed by atoms with Gasteiger partial charge in [0.1, 0.15) is 5.75 Å². The van der Waals surface area contributed by atoms with E-state index in [-0.39, 0.29) is 0 Å². The molecule has 0 aliphatic carbocycles. The Labute approximate surface area is 109 Å². The molecule has 18 heavy (non-hydrogen) atoms. The van der Waals surface area contributed by atoms with Crippen LogP contribution < -0.4 is 10.5 Å². The van der Waals surface area contributed by atoms with E-state index in [0.717, 1.165) is 22.6 Å². The number of aromatic amines is 1. The van der Waals surface area contributed by atoms with Gasteiger partial charge in [-0.15, -0.1) is 5.10 Å². The Morgan fingerprint density at radius 2 is 2.22 bits per heavy atom. The lowest BCUT2D eigenvalue weighted by molar-refractivity contribution is 0.407. The number of pyridine rings is 1. The Hall–Kier alpha value is -1.76. The van der Waals surface area contributed by atoms with Crippen LogP contribution in [0.25, 0.3) is 0 Å². The Morgan fingerprint density at radius 3 is 2.83 bits per heavy atom. The van der Waals surface area contributed by atoms with Crippen LogP contribution in [0.4, 0.5) is 5.95 Å². The first-order valence-electron chi connectivity index (χ1n) is 5.41. The molecule has 96 valence electrons. The molecule has 2 rings (SSSR count). The van der Waals surface area contributed by atoms with E-state index < -0.39 is 0 Å². The number of hydrogen-bond donors (Lipinski definition) is 2. The largest absolute Gasteiger partial charge is 0.496 e. The number of methoxy groups -OCH3 is 1. The monoisotopic (exact) mass is 265 g/mol. The van der Waals surface area contributed by atoms with Gasteiger partial charge >= 0.3 is 0 Å². The average molecular weight is 265 g/mol. The number of nitrogens with one attached hydrogen (secondary N) is 1. The van der Waals surface area contributed by atoms with Gasteiger partial charge in [0.2, 0.25) is 11.1 Å². The second-order valence-electron chi connectivity index (χ2n) is 3.84. The van der Waals surface area contributed by atoms with Crippen LogP contribution in [0.5, 0.6) is 5.75 Å². The first-order chi connectivity index (χ1) is 8.61. The Balaban J connectivity index is 2.14. The number of ether oxygens (including phenoxy) is 1. The molecule has 0 radical (unpaired) electrons. The van der Waals surface area contributed by atoms with Gasteiger partial charge in [-0.05, 0) is 13.8 Å². The topological polar surface area (TPSA) is 89.7 Å². The van der Waals surface area contributed by atoms with Crippen molar-refractivity contribution in [1.82, 2.24) is 20.2 Å². The van der Waals surface area contributed by atoms with E-state index in [0.29, 0.717) is 16.9 Å². The van der Waals surface area contributed by atoms with Crippen LogP contribution in [0.15, 0.2) is 11.4 Å². The van der Waals surface area contributed by atoms with Crippen molar-refractivity contribution in [3.63, 3.8) is 0 Å². The molecule has 0 bridgehead atoms. The number of hydrogen-bond acceptors (Lipinski definition) is 6. The SMILES string of the molecule is COc1c(C)cnc(CSc2n[nH]c(N)n2)c1C. The molecule has 3 N–H and O–H groups in total. The fourth-order valence-corrected chi connectivity index (χ4v) is 2.50. The second kappa shape index (κ2) is 5.26. The summed E-state index contributed by atoms with van der Waals surface area (Å²) < 4.78 is 5.37. The van der Waals surface area contributed by atoms with Gasteiger partial charge in [-0.25, -0.2) is 5.10 Å². The molecule has 0 amide bonds. The fourth-order valence-electron chi connectivity index (χ4n) is 1.67. The number of rotatable bonds is 4. The molecule has 2 aromatic heterocycles. The molecule has 0 saturated heterocycles. The van der Waals surface area contributed by atoms with Gasteiger partial charge < -0.3 is 10.5 Å². The van der Waals surface area contributed by atoms with Crippen LogP contribution in [-0.4, -0.2) is 27.3 Å². The van der Waals surface area contributed by atoms with Crippen molar-refractivity contribution >= 4 is 17.7 Å². The minimum atomic E-state index is 0.323. The van der Waals surface area contributed by atoms with E-state index in [1.54, 1.807) is 7.11 Å². The molecule has 0 fully saturated rings. The van der Waals surface area contributed by atoms with Crippen LogP contribution in [-0.2, 0) is 5.75 Å². The summed E-state index contributed by atoms with van der Waals surface area (Å²) in [6.45, 7) is 3.98. The van der Waals surface area contributed by atoms with Gasteiger partial charge in [0.05, 0.1) is 12.8 Å². The summed E-state index contributed by atoms with van der Waals surface area (Å²) in [5.41, 5.74) is 8.51. The molecule has 0 aliphatic rings. The van der Waals surface area contributed by atoms with Gasteiger partial charge in [0.25, 0.3) is 0 Å². The van der Waals surface area contributed by atoms with Crippen LogP contribution in [0.1, 0.15) is 16.8 Å². The van der Waals surface area contributed by atoms with E-state index in [9.17, 15) is 0 Å². The second-order valence-corrected chi connectivity index (χ2v) is 4.78. The predicted molar refractivity (Wildman–Crippen MR) is 70.6 cm³/mol. The highest BCUT2D eigenvalue weighted by atomic mass is 32.2. The van der Waals surface area contributed by atoms with E-state index in [1.807, 2.05) is 20.0 Å². The number of aryl methyl sites for hydroxylation is 1. The number of H-pyrrole nitrogens is 1. The molecule has 2 aromatic rings. The first-order valence-corrected chi connectivity index (χ1v) is 6.40. The maximum absolute atomic E-state index is 5.46. The molecule has 6 nitrogen and oxygen atoms in total. The maximum atomic E-state index is 5.46.